The van der Waals surface area contributed by atoms with Crippen molar-refractivity contribution in [1.82, 2.24) is 15.1 Å². The van der Waals surface area contributed by atoms with E-state index in [1.807, 2.05) is 43.3 Å². The molecule has 2 aromatic rings. The van der Waals surface area contributed by atoms with Crippen LogP contribution in [0.15, 0.2) is 54.6 Å². The standard InChI is InChI=1S/C27H34N4O3/c1-4-29(5-2)23(20-11-7-6-8-12-20)19-28-24(32)16-18-30-26(34)21-13-9-10-14-22(21)31-25(33)15-17-27(30,31)3/h6-14,23H,4-5,15-19H2,1-3H3,(H,28,32). The third kappa shape index (κ3) is 4.32. The van der Waals surface area contributed by atoms with Crippen LogP contribution in [0.25, 0.3) is 0 Å². The minimum Gasteiger partial charge on any atom is -0.354 e. The van der Waals surface area contributed by atoms with E-state index in [-0.39, 0.29) is 36.7 Å². The highest BCUT2D eigenvalue weighted by Crippen LogP contribution is 2.43. The number of fused-ring (bicyclic) bond motifs is 3. The van der Waals surface area contributed by atoms with E-state index in [1.54, 1.807) is 15.9 Å². The van der Waals surface area contributed by atoms with Gasteiger partial charge in [0.05, 0.1) is 17.3 Å². The number of amides is 3. The third-order valence-corrected chi connectivity index (χ3v) is 7.24. The van der Waals surface area contributed by atoms with Crippen molar-refractivity contribution in [3.8, 4) is 0 Å². The van der Waals surface area contributed by atoms with Crippen molar-refractivity contribution >= 4 is 23.4 Å². The molecule has 7 heteroatoms. The maximum absolute atomic E-state index is 13.4. The summed E-state index contributed by atoms with van der Waals surface area (Å²) in [6.07, 6.45) is 1.14. The topological polar surface area (TPSA) is 73.0 Å². The van der Waals surface area contributed by atoms with Gasteiger partial charge in [-0.05, 0) is 44.1 Å². The molecule has 0 radical (unpaired) electrons. The number of rotatable bonds is 9. The molecule has 2 aliphatic rings. The molecule has 34 heavy (non-hydrogen) atoms. The van der Waals surface area contributed by atoms with Gasteiger partial charge in [0, 0.05) is 25.9 Å². The largest absolute Gasteiger partial charge is 0.354 e. The van der Waals surface area contributed by atoms with Crippen LogP contribution < -0.4 is 10.2 Å². The van der Waals surface area contributed by atoms with Crippen LogP contribution in [0.1, 0.15) is 62.0 Å². The predicted octanol–water partition coefficient (Wildman–Crippen LogP) is 3.57. The number of benzene rings is 2. The lowest BCUT2D eigenvalue weighted by Crippen LogP contribution is -2.62. The van der Waals surface area contributed by atoms with Gasteiger partial charge >= 0.3 is 0 Å². The first kappa shape index (κ1) is 24.0. The highest BCUT2D eigenvalue weighted by Gasteiger charge is 2.52. The van der Waals surface area contributed by atoms with E-state index in [1.165, 1.54) is 5.56 Å². The molecule has 2 heterocycles. The SMILES string of the molecule is CCN(CC)C(CNC(=O)CCN1C(=O)c2ccccc2N2C(=O)CCC12C)c1ccccc1. The minimum absolute atomic E-state index is 0.0156. The molecule has 0 aliphatic carbocycles. The first-order valence-electron chi connectivity index (χ1n) is 12.2. The Balaban J connectivity index is 1.45. The van der Waals surface area contributed by atoms with Crippen molar-refractivity contribution in [2.24, 2.45) is 0 Å². The molecule has 0 spiro atoms. The zero-order valence-electron chi connectivity index (χ0n) is 20.3. The molecule has 0 saturated carbocycles. The maximum atomic E-state index is 13.4. The van der Waals surface area contributed by atoms with Gasteiger partial charge in [-0.3, -0.25) is 24.2 Å². The maximum Gasteiger partial charge on any atom is 0.257 e. The molecule has 4 rings (SSSR count). The fraction of sp³-hybridized carbons (Fsp3) is 0.444. The first-order valence-corrected chi connectivity index (χ1v) is 12.2. The molecule has 2 aromatic carbocycles. The number of carbonyl (C=O) groups excluding carboxylic acids is 3. The summed E-state index contributed by atoms with van der Waals surface area (Å²) in [6.45, 7) is 8.71. The Morgan fingerprint density at radius 2 is 1.74 bits per heavy atom. The number of nitrogens with one attached hydrogen (secondary N) is 1. The molecule has 2 atom stereocenters. The molecule has 2 aliphatic heterocycles. The molecule has 0 aromatic heterocycles. The van der Waals surface area contributed by atoms with Gasteiger partial charge in [-0.25, -0.2) is 0 Å². The second kappa shape index (κ2) is 9.97. The fourth-order valence-electron chi connectivity index (χ4n) is 5.35. The van der Waals surface area contributed by atoms with Crippen LogP contribution >= 0.6 is 0 Å². The predicted molar refractivity (Wildman–Crippen MR) is 132 cm³/mol. The van der Waals surface area contributed by atoms with Crippen molar-refractivity contribution < 1.29 is 14.4 Å². The Bertz CT molecular complexity index is 1050. The van der Waals surface area contributed by atoms with Crippen LogP contribution in [0.4, 0.5) is 5.69 Å². The minimum atomic E-state index is -0.739. The lowest BCUT2D eigenvalue weighted by molar-refractivity contribution is -0.121. The summed E-state index contributed by atoms with van der Waals surface area (Å²) in [5.74, 6) is -0.205. The van der Waals surface area contributed by atoms with Crippen molar-refractivity contribution in [2.45, 2.75) is 51.7 Å². The number of nitrogens with zero attached hydrogens (tertiary/aromatic N) is 3. The van der Waals surface area contributed by atoms with Crippen LogP contribution in [0.5, 0.6) is 0 Å². The Labute approximate surface area is 201 Å². The lowest BCUT2D eigenvalue weighted by atomic mass is 9.98. The monoisotopic (exact) mass is 462 g/mol. The van der Waals surface area contributed by atoms with Crippen LogP contribution in [-0.4, -0.2) is 59.4 Å². The number of carbonyl (C=O) groups is 3. The summed E-state index contributed by atoms with van der Waals surface area (Å²) in [5.41, 5.74) is 1.61. The van der Waals surface area contributed by atoms with Crippen LogP contribution in [0.3, 0.4) is 0 Å². The van der Waals surface area contributed by atoms with Crippen molar-refractivity contribution in [3.63, 3.8) is 0 Å². The summed E-state index contributed by atoms with van der Waals surface area (Å²) in [6, 6.07) is 17.5. The van der Waals surface area contributed by atoms with Gasteiger partial charge in [0.1, 0.15) is 5.66 Å². The summed E-state index contributed by atoms with van der Waals surface area (Å²) in [5, 5.41) is 3.09. The second-order valence-corrected chi connectivity index (χ2v) is 9.12. The molecule has 7 nitrogen and oxygen atoms in total. The summed E-state index contributed by atoms with van der Waals surface area (Å²) >= 11 is 0. The number of likely N-dealkylation sites (N-methyl/N-ethyl adjacent to an activating group) is 1. The lowest BCUT2D eigenvalue weighted by Gasteiger charge is -2.48. The van der Waals surface area contributed by atoms with Gasteiger partial charge in [0.2, 0.25) is 11.8 Å². The summed E-state index contributed by atoms with van der Waals surface area (Å²) < 4.78 is 0. The van der Waals surface area contributed by atoms with Crippen molar-refractivity contribution in [3.05, 3.63) is 65.7 Å². The highest BCUT2D eigenvalue weighted by molar-refractivity contribution is 6.10. The van der Waals surface area contributed by atoms with Gasteiger partial charge in [0.15, 0.2) is 0 Å². The number of hydrogen-bond donors (Lipinski definition) is 1. The molecular formula is C27H34N4O3. The molecule has 2 unspecified atom stereocenters. The summed E-state index contributed by atoms with van der Waals surface area (Å²) in [7, 11) is 0. The van der Waals surface area contributed by atoms with E-state index in [9.17, 15) is 14.4 Å². The molecule has 3 amide bonds. The van der Waals surface area contributed by atoms with E-state index in [2.05, 4.69) is 36.2 Å². The van der Waals surface area contributed by atoms with E-state index in [4.69, 9.17) is 0 Å². The zero-order chi connectivity index (χ0) is 24.3. The first-order chi connectivity index (χ1) is 16.4. The average Bonchev–Trinajstić information content (AvgIpc) is 3.17. The van der Waals surface area contributed by atoms with Crippen LogP contribution in [0, 0.1) is 0 Å². The van der Waals surface area contributed by atoms with E-state index in [0.717, 1.165) is 13.1 Å². The van der Waals surface area contributed by atoms with E-state index < -0.39 is 5.66 Å². The van der Waals surface area contributed by atoms with Gasteiger partial charge < -0.3 is 10.2 Å². The van der Waals surface area contributed by atoms with E-state index in [0.29, 0.717) is 30.6 Å². The average molecular weight is 463 g/mol. The molecule has 1 fully saturated rings. The highest BCUT2D eigenvalue weighted by atomic mass is 16.2. The van der Waals surface area contributed by atoms with Gasteiger partial charge in [-0.1, -0.05) is 56.3 Å². The number of anilines is 1. The van der Waals surface area contributed by atoms with Crippen molar-refractivity contribution in [2.75, 3.05) is 31.1 Å². The Kier molecular flexibility index (Phi) is 7.03. The van der Waals surface area contributed by atoms with Gasteiger partial charge in [0.25, 0.3) is 5.91 Å². The molecule has 180 valence electrons. The summed E-state index contributed by atoms with van der Waals surface area (Å²) in [4.78, 5) is 44.7. The van der Waals surface area contributed by atoms with Crippen LogP contribution in [-0.2, 0) is 9.59 Å². The number of hydrogen-bond acceptors (Lipinski definition) is 4. The zero-order valence-corrected chi connectivity index (χ0v) is 20.3. The molecular weight excluding hydrogens is 428 g/mol. The van der Waals surface area contributed by atoms with Gasteiger partial charge in [-0.2, -0.15) is 0 Å². The van der Waals surface area contributed by atoms with Crippen LogP contribution in [0.2, 0.25) is 0 Å². The normalized spacial score (nSPS) is 20.4. The van der Waals surface area contributed by atoms with E-state index >= 15 is 0 Å². The fourth-order valence-corrected chi connectivity index (χ4v) is 5.35. The smallest absolute Gasteiger partial charge is 0.257 e. The van der Waals surface area contributed by atoms with Gasteiger partial charge in [-0.15, -0.1) is 0 Å². The quantitative estimate of drug-likeness (QED) is 0.618. The Hall–Kier alpha value is -3.19. The second-order valence-electron chi connectivity index (χ2n) is 9.12. The Morgan fingerprint density at radius 3 is 2.44 bits per heavy atom. The molecule has 1 saturated heterocycles. The van der Waals surface area contributed by atoms with Crippen molar-refractivity contribution in [1.29, 1.82) is 0 Å². The molecule has 1 N–H and O–H groups in total. The third-order valence-electron chi connectivity index (χ3n) is 7.24. The molecule has 0 bridgehead atoms. The number of para-hydroxylation sites is 1. The Morgan fingerprint density at radius 1 is 1.06 bits per heavy atom.